The van der Waals surface area contributed by atoms with Crippen LogP contribution in [0.25, 0.3) is 10.9 Å². The smallest absolute Gasteiger partial charge is 0.323 e. The SMILES string of the molecule is CCN(CC)c1cc(Cl)c(F)c(CCC(=O)[C@@H]2C[C@@H](F)CN2C(=O)Nc2cn(C(N)=O)c3ccccc23)c1. The highest BCUT2D eigenvalue weighted by atomic mass is 35.5. The standard InChI is InChI=1S/C27H30ClF2N5O3/c1-3-33(4-2)18-11-16(25(30)20(28)13-18)9-10-24(36)23-12-17(29)14-35(23)27(38)32-21-15-34(26(31)37)22-8-6-5-7-19(21)22/h5-8,11,13,15,17,23H,3-4,9-10,12,14H2,1-2H3,(H2,31,37)(H,32,38)/t17-,23+/m1/s1. The lowest BCUT2D eigenvalue weighted by molar-refractivity contribution is -0.122. The minimum atomic E-state index is -1.38. The van der Waals surface area contributed by atoms with Crippen LogP contribution in [0.2, 0.25) is 5.02 Å². The molecule has 1 aliphatic rings. The Balaban J connectivity index is 1.50. The van der Waals surface area contributed by atoms with Gasteiger partial charge in [-0.3, -0.25) is 9.36 Å². The van der Waals surface area contributed by atoms with Gasteiger partial charge in [0.2, 0.25) is 0 Å². The van der Waals surface area contributed by atoms with Crippen LogP contribution >= 0.6 is 11.6 Å². The van der Waals surface area contributed by atoms with Gasteiger partial charge in [-0.1, -0.05) is 29.8 Å². The molecular weight excluding hydrogens is 516 g/mol. The van der Waals surface area contributed by atoms with Crippen molar-refractivity contribution in [3.63, 3.8) is 0 Å². The van der Waals surface area contributed by atoms with Gasteiger partial charge in [0.25, 0.3) is 0 Å². The molecule has 11 heteroatoms. The summed E-state index contributed by atoms with van der Waals surface area (Å²) in [6.07, 6.45) is -0.150. The second kappa shape index (κ2) is 11.4. The number of likely N-dealkylation sites (tertiary alicyclic amines) is 1. The number of nitrogens with one attached hydrogen (secondary N) is 1. The number of primary amides is 1. The highest BCUT2D eigenvalue weighted by Crippen LogP contribution is 2.30. The molecule has 2 heterocycles. The number of ketones is 1. The number of aryl methyl sites for hydroxylation is 1. The van der Waals surface area contributed by atoms with Crippen LogP contribution < -0.4 is 16.0 Å². The van der Waals surface area contributed by atoms with E-state index in [1.54, 1.807) is 36.4 Å². The van der Waals surface area contributed by atoms with Crippen LogP contribution in [0.15, 0.2) is 42.6 Å². The Morgan fingerprint density at radius 3 is 2.58 bits per heavy atom. The van der Waals surface area contributed by atoms with E-state index in [1.165, 1.54) is 10.8 Å². The monoisotopic (exact) mass is 545 g/mol. The number of carbonyl (C=O) groups excluding carboxylic acids is 3. The molecule has 0 radical (unpaired) electrons. The average Bonchev–Trinajstić information content (AvgIpc) is 3.47. The number of amides is 3. The number of aromatic nitrogens is 1. The maximum absolute atomic E-state index is 14.7. The molecule has 1 aromatic heterocycles. The van der Waals surface area contributed by atoms with E-state index >= 15 is 0 Å². The first-order chi connectivity index (χ1) is 18.1. The number of hydrogen-bond acceptors (Lipinski definition) is 4. The Hall–Kier alpha value is -3.66. The number of alkyl halides is 1. The Morgan fingerprint density at radius 1 is 1.18 bits per heavy atom. The quantitative estimate of drug-likeness (QED) is 0.398. The summed E-state index contributed by atoms with van der Waals surface area (Å²) in [5.74, 6) is -0.964. The molecule has 1 aliphatic heterocycles. The summed E-state index contributed by atoms with van der Waals surface area (Å²) in [6, 6.07) is 7.68. The van der Waals surface area contributed by atoms with Crippen LogP contribution in [0.4, 0.5) is 29.7 Å². The third kappa shape index (κ3) is 5.45. The van der Waals surface area contributed by atoms with Crippen LogP contribution in [0.3, 0.4) is 0 Å². The number of urea groups is 1. The van der Waals surface area contributed by atoms with Gasteiger partial charge in [-0.05, 0) is 44.0 Å². The Bertz CT molecular complexity index is 1370. The van der Waals surface area contributed by atoms with Crippen molar-refractivity contribution in [1.29, 1.82) is 0 Å². The highest BCUT2D eigenvalue weighted by Gasteiger charge is 2.39. The molecule has 38 heavy (non-hydrogen) atoms. The maximum Gasteiger partial charge on any atom is 0.323 e. The number of halogens is 3. The molecule has 2 atom stereocenters. The Labute approximate surface area is 224 Å². The minimum absolute atomic E-state index is 0.0299. The number of Topliss-reactive ketones (excluding diaryl/α,β-unsaturated/α-hetero) is 1. The first kappa shape index (κ1) is 27.4. The summed E-state index contributed by atoms with van der Waals surface area (Å²) in [7, 11) is 0. The fraction of sp³-hybridized carbons (Fsp3) is 0.370. The summed E-state index contributed by atoms with van der Waals surface area (Å²) in [5, 5.41) is 3.23. The fourth-order valence-electron chi connectivity index (χ4n) is 4.97. The van der Waals surface area contributed by atoms with E-state index in [4.69, 9.17) is 17.3 Å². The average molecular weight is 546 g/mol. The summed E-state index contributed by atoms with van der Waals surface area (Å²) < 4.78 is 30.4. The maximum atomic E-state index is 14.7. The molecule has 2 aromatic carbocycles. The van der Waals surface area contributed by atoms with Gasteiger partial charge in [0.1, 0.15) is 12.0 Å². The molecule has 4 rings (SSSR count). The number of fused-ring (bicyclic) bond motifs is 1. The molecule has 0 unspecified atom stereocenters. The van der Waals surface area contributed by atoms with Crippen molar-refractivity contribution in [2.75, 3.05) is 29.9 Å². The van der Waals surface area contributed by atoms with Crippen molar-refractivity contribution in [2.45, 2.75) is 45.3 Å². The molecule has 0 saturated carbocycles. The Kier molecular flexibility index (Phi) is 8.20. The summed E-state index contributed by atoms with van der Waals surface area (Å²) in [5.41, 5.74) is 7.29. The molecule has 1 fully saturated rings. The first-order valence-electron chi connectivity index (χ1n) is 12.5. The number of para-hydroxylation sites is 1. The van der Waals surface area contributed by atoms with E-state index in [-0.39, 0.29) is 42.2 Å². The number of anilines is 2. The van der Waals surface area contributed by atoms with Crippen LogP contribution in [0.5, 0.6) is 0 Å². The highest BCUT2D eigenvalue weighted by molar-refractivity contribution is 6.31. The number of nitrogens with zero attached hydrogens (tertiary/aromatic N) is 3. The zero-order chi connectivity index (χ0) is 27.6. The normalized spacial score (nSPS) is 17.1. The summed E-state index contributed by atoms with van der Waals surface area (Å²) in [4.78, 5) is 41.3. The zero-order valence-corrected chi connectivity index (χ0v) is 22.0. The van der Waals surface area contributed by atoms with E-state index in [0.29, 0.717) is 29.7 Å². The van der Waals surface area contributed by atoms with Crippen molar-refractivity contribution >= 4 is 51.7 Å². The van der Waals surface area contributed by atoms with E-state index in [1.807, 2.05) is 18.7 Å². The number of benzene rings is 2. The molecule has 3 amide bonds. The van der Waals surface area contributed by atoms with Crippen molar-refractivity contribution < 1.29 is 23.2 Å². The third-order valence-electron chi connectivity index (χ3n) is 6.93. The summed E-state index contributed by atoms with van der Waals surface area (Å²) >= 11 is 6.12. The van der Waals surface area contributed by atoms with Crippen LogP contribution in [0.1, 0.15) is 32.3 Å². The topological polar surface area (TPSA) is 101 Å². The molecule has 0 spiro atoms. The van der Waals surface area contributed by atoms with Crippen molar-refractivity contribution in [3.8, 4) is 0 Å². The van der Waals surface area contributed by atoms with Gasteiger partial charge >= 0.3 is 12.1 Å². The van der Waals surface area contributed by atoms with Crippen molar-refractivity contribution in [2.24, 2.45) is 5.73 Å². The number of rotatable bonds is 8. The minimum Gasteiger partial charge on any atom is -0.372 e. The third-order valence-corrected chi connectivity index (χ3v) is 7.21. The lowest BCUT2D eigenvalue weighted by Gasteiger charge is -2.24. The first-order valence-corrected chi connectivity index (χ1v) is 12.9. The molecule has 0 aliphatic carbocycles. The molecule has 1 saturated heterocycles. The van der Waals surface area contributed by atoms with E-state index in [2.05, 4.69) is 5.32 Å². The van der Waals surface area contributed by atoms with E-state index < -0.39 is 30.1 Å². The predicted molar refractivity (Wildman–Crippen MR) is 144 cm³/mol. The van der Waals surface area contributed by atoms with E-state index in [9.17, 15) is 23.2 Å². The lowest BCUT2D eigenvalue weighted by atomic mass is 10.0. The molecule has 8 nitrogen and oxygen atoms in total. The second-order valence-electron chi connectivity index (χ2n) is 9.24. The van der Waals surface area contributed by atoms with Gasteiger partial charge in [-0.15, -0.1) is 0 Å². The molecule has 3 aromatic rings. The van der Waals surface area contributed by atoms with Gasteiger partial charge in [0.15, 0.2) is 5.78 Å². The number of nitrogens with two attached hydrogens (primary N) is 1. The van der Waals surface area contributed by atoms with Gasteiger partial charge in [0.05, 0.1) is 28.8 Å². The van der Waals surface area contributed by atoms with Crippen LogP contribution in [-0.2, 0) is 11.2 Å². The number of carbonyl (C=O) groups is 3. The molecule has 0 bridgehead atoms. The van der Waals surface area contributed by atoms with Gasteiger partial charge < -0.3 is 20.9 Å². The predicted octanol–water partition coefficient (Wildman–Crippen LogP) is 5.35. The molecular formula is C27H30ClF2N5O3. The number of hydrogen-bond donors (Lipinski definition) is 2. The fourth-order valence-corrected chi connectivity index (χ4v) is 5.20. The van der Waals surface area contributed by atoms with Crippen molar-refractivity contribution in [3.05, 3.63) is 59.0 Å². The van der Waals surface area contributed by atoms with Gasteiger partial charge in [0, 0.05) is 43.2 Å². The van der Waals surface area contributed by atoms with Gasteiger partial charge in [-0.2, -0.15) is 0 Å². The Morgan fingerprint density at radius 2 is 1.89 bits per heavy atom. The second-order valence-corrected chi connectivity index (χ2v) is 9.65. The largest absolute Gasteiger partial charge is 0.372 e. The lowest BCUT2D eigenvalue weighted by Crippen LogP contribution is -2.43. The van der Waals surface area contributed by atoms with Crippen molar-refractivity contribution in [1.82, 2.24) is 9.47 Å². The zero-order valence-electron chi connectivity index (χ0n) is 21.2. The van der Waals surface area contributed by atoms with Gasteiger partial charge in [-0.25, -0.2) is 18.4 Å². The molecule has 3 N–H and O–H groups in total. The summed E-state index contributed by atoms with van der Waals surface area (Å²) in [6.45, 7) is 5.11. The van der Waals surface area contributed by atoms with Crippen LogP contribution in [0, 0.1) is 5.82 Å². The van der Waals surface area contributed by atoms with Crippen LogP contribution in [-0.4, -0.2) is 59.2 Å². The van der Waals surface area contributed by atoms with E-state index in [0.717, 1.165) is 10.6 Å². The molecule has 202 valence electrons.